The zero-order chi connectivity index (χ0) is 18.4. The van der Waals surface area contributed by atoms with Crippen LogP contribution in [0.5, 0.6) is 0 Å². The van der Waals surface area contributed by atoms with Crippen molar-refractivity contribution in [3.63, 3.8) is 0 Å². The SMILES string of the molecule is CCC(O)(CC)CN1CC(=O)C(=C2N(C)c3ccccc3N2C)C1=N. The Morgan fingerprint density at radius 1 is 1.12 bits per heavy atom. The summed E-state index contributed by atoms with van der Waals surface area (Å²) in [6.07, 6.45) is 1.19. The number of benzene rings is 1. The Labute approximate surface area is 148 Å². The summed E-state index contributed by atoms with van der Waals surface area (Å²) >= 11 is 0. The molecule has 0 aromatic heterocycles. The third kappa shape index (κ3) is 2.70. The van der Waals surface area contributed by atoms with E-state index in [0.29, 0.717) is 25.0 Å². The first-order valence-corrected chi connectivity index (χ1v) is 8.73. The second kappa shape index (κ2) is 6.19. The number of hydrogen-bond donors (Lipinski definition) is 2. The van der Waals surface area contributed by atoms with Crippen LogP contribution in [0.3, 0.4) is 0 Å². The quantitative estimate of drug-likeness (QED) is 0.821. The molecule has 0 unspecified atom stereocenters. The van der Waals surface area contributed by atoms with Crippen LogP contribution in [0.1, 0.15) is 26.7 Å². The van der Waals surface area contributed by atoms with E-state index in [0.717, 1.165) is 17.2 Å². The van der Waals surface area contributed by atoms with Crippen molar-refractivity contribution in [2.24, 2.45) is 0 Å². The lowest BCUT2D eigenvalue weighted by atomic mass is 9.97. The largest absolute Gasteiger partial charge is 0.388 e. The fraction of sp³-hybridized carbons (Fsp3) is 0.474. The van der Waals surface area contributed by atoms with Crippen molar-refractivity contribution in [3.05, 3.63) is 35.7 Å². The topological polar surface area (TPSA) is 70.9 Å². The number of rotatable bonds is 4. The summed E-state index contributed by atoms with van der Waals surface area (Å²) < 4.78 is 0. The van der Waals surface area contributed by atoms with Crippen LogP contribution in [0.4, 0.5) is 11.4 Å². The summed E-state index contributed by atoms with van der Waals surface area (Å²) in [5.74, 6) is 0.864. The van der Waals surface area contributed by atoms with Gasteiger partial charge in [-0.2, -0.15) is 0 Å². The number of ketones is 1. The van der Waals surface area contributed by atoms with Gasteiger partial charge in [-0.3, -0.25) is 10.2 Å². The average molecular weight is 342 g/mol. The lowest BCUT2D eigenvalue weighted by Crippen LogP contribution is -2.43. The van der Waals surface area contributed by atoms with Crippen molar-refractivity contribution in [2.45, 2.75) is 32.3 Å². The van der Waals surface area contributed by atoms with Crippen molar-refractivity contribution in [1.29, 1.82) is 5.41 Å². The van der Waals surface area contributed by atoms with Crippen LogP contribution >= 0.6 is 0 Å². The van der Waals surface area contributed by atoms with Crippen LogP contribution in [-0.2, 0) is 4.79 Å². The summed E-state index contributed by atoms with van der Waals surface area (Å²) in [6, 6.07) is 7.95. The molecule has 0 amide bonds. The molecule has 2 heterocycles. The van der Waals surface area contributed by atoms with Gasteiger partial charge in [0, 0.05) is 20.6 Å². The van der Waals surface area contributed by atoms with E-state index >= 15 is 0 Å². The predicted molar refractivity (Wildman–Crippen MR) is 100 cm³/mol. The second-order valence-corrected chi connectivity index (χ2v) is 6.86. The molecule has 0 aliphatic carbocycles. The molecule has 1 aromatic rings. The van der Waals surface area contributed by atoms with Crippen LogP contribution < -0.4 is 9.80 Å². The molecular formula is C19H26N4O2. The molecular weight excluding hydrogens is 316 g/mol. The molecule has 0 atom stereocenters. The lowest BCUT2D eigenvalue weighted by molar-refractivity contribution is -0.114. The Kier molecular flexibility index (Phi) is 4.33. The van der Waals surface area contributed by atoms with Gasteiger partial charge < -0.3 is 19.8 Å². The van der Waals surface area contributed by atoms with E-state index in [4.69, 9.17) is 5.41 Å². The van der Waals surface area contributed by atoms with Crippen molar-refractivity contribution < 1.29 is 9.90 Å². The number of aliphatic hydroxyl groups is 1. The normalized spacial score (nSPS) is 17.9. The van der Waals surface area contributed by atoms with E-state index in [-0.39, 0.29) is 18.2 Å². The maximum Gasteiger partial charge on any atom is 0.189 e. The maximum absolute atomic E-state index is 12.7. The minimum atomic E-state index is -0.872. The molecule has 2 aliphatic rings. The van der Waals surface area contributed by atoms with Crippen molar-refractivity contribution in [3.8, 4) is 0 Å². The molecule has 1 saturated heterocycles. The summed E-state index contributed by atoms with van der Waals surface area (Å²) in [6.45, 7) is 4.32. The van der Waals surface area contributed by atoms with E-state index in [9.17, 15) is 9.90 Å². The van der Waals surface area contributed by atoms with Crippen molar-refractivity contribution in [2.75, 3.05) is 37.0 Å². The molecule has 0 radical (unpaired) electrons. The molecule has 0 saturated carbocycles. The first-order valence-electron chi connectivity index (χ1n) is 8.73. The van der Waals surface area contributed by atoms with Gasteiger partial charge in [-0.05, 0) is 25.0 Å². The maximum atomic E-state index is 12.7. The van der Waals surface area contributed by atoms with E-state index in [1.807, 2.05) is 62.0 Å². The third-order valence-electron chi connectivity index (χ3n) is 5.43. The van der Waals surface area contributed by atoms with Crippen LogP contribution in [0, 0.1) is 5.41 Å². The lowest BCUT2D eigenvalue weighted by Gasteiger charge is -2.31. The number of nitrogens with zero attached hydrogens (tertiary/aromatic N) is 3. The molecule has 2 N–H and O–H groups in total. The Bertz CT molecular complexity index is 721. The van der Waals surface area contributed by atoms with Gasteiger partial charge in [0.25, 0.3) is 0 Å². The Morgan fingerprint density at radius 2 is 1.64 bits per heavy atom. The number of carbonyl (C=O) groups excluding carboxylic acids is 1. The summed E-state index contributed by atoms with van der Waals surface area (Å²) in [7, 11) is 3.84. The van der Waals surface area contributed by atoms with E-state index in [1.54, 1.807) is 4.90 Å². The number of likely N-dealkylation sites (tertiary alicyclic amines) is 1. The van der Waals surface area contributed by atoms with Crippen LogP contribution in [0.2, 0.25) is 0 Å². The molecule has 1 fully saturated rings. The third-order valence-corrected chi connectivity index (χ3v) is 5.43. The number of hydrogen-bond acceptors (Lipinski definition) is 5. The van der Waals surface area contributed by atoms with E-state index in [1.165, 1.54) is 0 Å². The highest BCUT2D eigenvalue weighted by molar-refractivity contribution is 6.27. The number of amidine groups is 1. The Balaban J connectivity index is 1.97. The molecule has 3 rings (SSSR count). The van der Waals surface area contributed by atoms with Crippen molar-refractivity contribution >= 4 is 23.0 Å². The van der Waals surface area contributed by atoms with Crippen LogP contribution in [0.25, 0.3) is 0 Å². The van der Waals surface area contributed by atoms with Crippen LogP contribution in [-0.4, -0.2) is 54.4 Å². The van der Waals surface area contributed by atoms with Crippen molar-refractivity contribution in [1.82, 2.24) is 4.90 Å². The average Bonchev–Trinajstić information content (AvgIpc) is 3.02. The molecule has 0 bridgehead atoms. The van der Waals surface area contributed by atoms with E-state index in [2.05, 4.69) is 0 Å². The number of para-hydroxylation sites is 2. The van der Waals surface area contributed by atoms with Gasteiger partial charge in [0.05, 0.1) is 23.5 Å². The number of anilines is 2. The predicted octanol–water partition coefficient (Wildman–Crippen LogP) is 2.20. The zero-order valence-electron chi connectivity index (χ0n) is 15.3. The first kappa shape index (κ1) is 17.5. The smallest absolute Gasteiger partial charge is 0.189 e. The van der Waals surface area contributed by atoms with Gasteiger partial charge in [-0.25, -0.2) is 0 Å². The zero-order valence-corrected chi connectivity index (χ0v) is 15.3. The highest BCUT2D eigenvalue weighted by Gasteiger charge is 2.41. The van der Waals surface area contributed by atoms with Gasteiger partial charge in [-0.15, -0.1) is 0 Å². The standard InChI is InChI=1S/C19H26N4O2/c1-5-19(25,6-2)12-23-11-15(24)16(17(23)20)18-21(3)13-9-7-8-10-14(13)22(18)4/h7-10,20,25H,5-6,11-12H2,1-4H3. The molecule has 25 heavy (non-hydrogen) atoms. The highest BCUT2D eigenvalue weighted by atomic mass is 16.3. The van der Waals surface area contributed by atoms with Gasteiger partial charge in [0.2, 0.25) is 0 Å². The Morgan fingerprint density at radius 3 is 2.12 bits per heavy atom. The molecule has 2 aliphatic heterocycles. The summed E-state index contributed by atoms with van der Waals surface area (Å²) in [5, 5.41) is 19.2. The molecule has 134 valence electrons. The number of fused-ring (bicyclic) bond motifs is 1. The summed E-state index contributed by atoms with van der Waals surface area (Å²) in [4.78, 5) is 18.3. The Hall–Kier alpha value is -2.34. The minimum absolute atomic E-state index is 0.0685. The fourth-order valence-electron chi connectivity index (χ4n) is 3.64. The van der Waals surface area contributed by atoms with E-state index < -0.39 is 5.60 Å². The van der Waals surface area contributed by atoms with Gasteiger partial charge in [-0.1, -0.05) is 26.0 Å². The second-order valence-electron chi connectivity index (χ2n) is 6.86. The molecule has 6 nitrogen and oxygen atoms in total. The fourth-order valence-corrected chi connectivity index (χ4v) is 3.64. The summed E-state index contributed by atoms with van der Waals surface area (Å²) in [5.41, 5.74) is 1.59. The number of carbonyl (C=O) groups is 1. The number of Topliss-reactive ketones (excluding diaryl/α,β-unsaturated/α-hetero) is 1. The molecule has 1 aromatic carbocycles. The first-order chi connectivity index (χ1) is 11.8. The van der Waals surface area contributed by atoms with Gasteiger partial charge >= 0.3 is 0 Å². The monoisotopic (exact) mass is 342 g/mol. The number of β-amino-alcohol motifs (C(OH)–C–C–N with tert-alkyl or cyclic N) is 1. The van der Waals surface area contributed by atoms with Gasteiger partial charge in [0.1, 0.15) is 17.2 Å². The minimum Gasteiger partial charge on any atom is -0.388 e. The van der Waals surface area contributed by atoms with Crippen LogP contribution in [0.15, 0.2) is 35.7 Å². The number of nitrogens with one attached hydrogen (secondary N) is 1. The highest BCUT2D eigenvalue weighted by Crippen LogP contribution is 2.41. The van der Waals surface area contributed by atoms with Gasteiger partial charge in [0.15, 0.2) is 5.78 Å². The molecule has 0 spiro atoms. The molecule has 6 heteroatoms.